The third-order valence-corrected chi connectivity index (χ3v) is 7.77. The third-order valence-electron chi connectivity index (χ3n) is 7.55. The Hall–Kier alpha value is -3.21. The molecule has 0 radical (unpaired) electrons. The van der Waals surface area contributed by atoms with Crippen molar-refractivity contribution in [2.24, 2.45) is 0 Å². The average molecular weight is 555 g/mol. The van der Waals surface area contributed by atoms with E-state index in [1.54, 1.807) is 23.4 Å². The zero-order chi connectivity index (χ0) is 27.9. The molecule has 39 heavy (non-hydrogen) atoms. The van der Waals surface area contributed by atoms with Crippen molar-refractivity contribution in [1.82, 2.24) is 25.1 Å². The van der Waals surface area contributed by atoms with Crippen molar-refractivity contribution in [3.05, 3.63) is 35.6 Å². The second-order valence-corrected chi connectivity index (χ2v) is 11.6. The number of nitrogens with zero attached hydrogens (tertiary/aromatic N) is 3. The molecule has 2 fully saturated rings. The van der Waals surface area contributed by atoms with Gasteiger partial charge in [0, 0.05) is 54.6 Å². The van der Waals surface area contributed by atoms with Crippen molar-refractivity contribution < 1.29 is 19.1 Å². The minimum Gasteiger partial charge on any atom is -0.372 e. The molecule has 4 heterocycles. The number of benzene rings is 1. The molecule has 2 saturated heterocycles. The minimum atomic E-state index is -0.572. The molecule has 11 heteroatoms. The highest BCUT2D eigenvalue weighted by atomic mass is 35.5. The normalized spacial score (nSPS) is 22.2. The second kappa shape index (κ2) is 10.7. The summed E-state index contributed by atoms with van der Waals surface area (Å²) in [4.78, 5) is 49.8. The van der Waals surface area contributed by atoms with Gasteiger partial charge in [0.05, 0.1) is 35.1 Å². The number of aromatic amines is 1. The Balaban J connectivity index is 1.33. The Kier molecular flexibility index (Phi) is 7.54. The van der Waals surface area contributed by atoms with Crippen molar-refractivity contribution in [1.29, 1.82) is 0 Å². The van der Waals surface area contributed by atoms with Crippen LogP contribution < -0.4 is 10.6 Å². The molecule has 0 saturated carbocycles. The van der Waals surface area contributed by atoms with Crippen molar-refractivity contribution in [3.63, 3.8) is 0 Å². The number of anilines is 1. The van der Waals surface area contributed by atoms with Crippen LogP contribution in [0.15, 0.2) is 30.6 Å². The van der Waals surface area contributed by atoms with Crippen LogP contribution in [-0.2, 0) is 19.1 Å². The Bertz CT molecular complexity index is 1420. The summed E-state index contributed by atoms with van der Waals surface area (Å²) in [6.45, 7) is 9.16. The monoisotopic (exact) mass is 554 g/mol. The number of likely N-dealkylation sites (tertiary alicyclic amines) is 1. The topological polar surface area (TPSA) is 120 Å². The van der Waals surface area contributed by atoms with E-state index < -0.39 is 17.7 Å². The SMILES string of the molecule is CC(=O)N1CCC[C@H]1C(=O)N[C@@H](C)CN1CC(C)(C)OC[C@H]1C(=O)Nc1cc(Cl)cc2c1[nH]c1cnccc12. The molecule has 3 amide bonds. The van der Waals surface area contributed by atoms with Gasteiger partial charge < -0.3 is 25.3 Å². The molecular formula is C28H35ClN6O4. The number of rotatable bonds is 6. The van der Waals surface area contributed by atoms with E-state index >= 15 is 0 Å². The highest BCUT2D eigenvalue weighted by Crippen LogP contribution is 2.33. The molecule has 2 aliphatic rings. The van der Waals surface area contributed by atoms with Crippen LogP contribution in [0, 0.1) is 0 Å². The number of nitrogens with one attached hydrogen (secondary N) is 3. The summed E-state index contributed by atoms with van der Waals surface area (Å²) in [6.07, 6.45) is 4.93. The number of ether oxygens (including phenoxy) is 1. The predicted molar refractivity (Wildman–Crippen MR) is 151 cm³/mol. The first-order chi connectivity index (χ1) is 18.5. The van der Waals surface area contributed by atoms with E-state index in [2.05, 4.69) is 25.5 Å². The molecule has 0 spiro atoms. The van der Waals surface area contributed by atoms with Gasteiger partial charge in [0.15, 0.2) is 0 Å². The van der Waals surface area contributed by atoms with Gasteiger partial charge in [0.2, 0.25) is 17.7 Å². The van der Waals surface area contributed by atoms with Crippen LogP contribution in [0.4, 0.5) is 5.69 Å². The number of amides is 3. The minimum absolute atomic E-state index is 0.0895. The predicted octanol–water partition coefficient (Wildman–Crippen LogP) is 3.30. The summed E-state index contributed by atoms with van der Waals surface area (Å²) in [6, 6.07) is 4.25. The highest BCUT2D eigenvalue weighted by Gasteiger charge is 2.39. The summed E-state index contributed by atoms with van der Waals surface area (Å²) in [7, 11) is 0. The molecule has 0 unspecified atom stereocenters. The molecule has 0 bridgehead atoms. The summed E-state index contributed by atoms with van der Waals surface area (Å²) in [5, 5.41) is 8.50. The number of hydrogen-bond acceptors (Lipinski definition) is 6. The van der Waals surface area contributed by atoms with Gasteiger partial charge in [0.25, 0.3) is 0 Å². The molecular weight excluding hydrogens is 520 g/mol. The van der Waals surface area contributed by atoms with E-state index in [4.69, 9.17) is 16.3 Å². The highest BCUT2D eigenvalue weighted by molar-refractivity contribution is 6.33. The van der Waals surface area contributed by atoms with Gasteiger partial charge >= 0.3 is 0 Å². The van der Waals surface area contributed by atoms with Crippen molar-refractivity contribution in [3.8, 4) is 0 Å². The average Bonchev–Trinajstić information content (AvgIpc) is 3.49. The summed E-state index contributed by atoms with van der Waals surface area (Å²) >= 11 is 6.44. The van der Waals surface area contributed by atoms with E-state index in [1.807, 2.05) is 32.9 Å². The molecule has 5 rings (SSSR count). The molecule has 10 nitrogen and oxygen atoms in total. The summed E-state index contributed by atoms with van der Waals surface area (Å²) < 4.78 is 6.03. The lowest BCUT2D eigenvalue weighted by atomic mass is 10.0. The molecule has 0 aliphatic carbocycles. The molecule has 2 aromatic heterocycles. The number of fused-ring (bicyclic) bond motifs is 3. The van der Waals surface area contributed by atoms with Crippen molar-refractivity contribution in [2.75, 3.05) is 31.6 Å². The zero-order valence-electron chi connectivity index (χ0n) is 22.7. The molecule has 3 N–H and O–H groups in total. The van der Waals surface area contributed by atoms with E-state index in [-0.39, 0.29) is 30.4 Å². The van der Waals surface area contributed by atoms with E-state index in [9.17, 15) is 14.4 Å². The Morgan fingerprint density at radius 2 is 2.03 bits per heavy atom. The zero-order valence-corrected chi connectivity index (χ0v) is 23.5. The Morgan fingerprint density at radius 1 is 1.23 bits per heavy atom. The van der Waals surface area contributed by atoms with Gasteiger partial charge in [-0.25, -0.2) is 0 Å². The fourth-order valence-electron chi connectivity index (χ4n) is 5.77. The molecule has 3 atom stereocenters. The Labute approximate surface area is 232 Å². The van der Waals surface area contributed by atoms with Crippen LogP contribution in [0.1, 0.15) is 40.5 Å². The number of hydrogen-bond donors (Lipinski definition) is 3. The van der Waals surface area contributed by atoms with E-state index in [1.165, 1.54) is 6.92 Å². The first-order valence-electron chi connectivity index (χ1n) is 13.3. The Morgan fingerprint density at radius 3 is 2.79 bits per heavy atom. The van der Waals surface area contributed by atoms with Crippen LogP contribution in [0.5, 0.6) is 0 Å². The number of H-pyrrole nitrogens is 1. The number of pyridine rings is 1. The lowest BCUT2D eigenvalue weighted by molar-refractivity contribution is -0.144. The van der Waals surface area contributed by atoms with Crippen LogP contribution >= 0.6 is 11.6 Å². The molecule has 3 aromatic rings. The standard InChI is InChI=1S/C28H35ClN6O4/c1-16(31-26(37)23-6-5-9-35(23)17(2)36)13-34-15-28(3,4)39-14-24(34)27(38)33-21-11-18(29)10-20-19-7-8-30-12-22(19)32-25(20)21/h7-8,10-12,16,23-24,32H,5-6,9,13-15H2,1-4H3,(H,31,37)(H,33,38)/t16-,23-,24-/m0/s1. The number of halogens is 1. The quantitative estimate of drug-likeness (QED) is 0.430. The van der Waals surface area contributed by atoms with Gasteiger partial charge in [-0.2, -0.15) is 0 Å². The molecule has 208 valence electrons. The van der Waals surface area contributed by atoms with Crippen LogP contribution in [0.3, 0.4) is 0 Å². The second-order valence-electron chi connectivity index (χ2n) is 11.2. The lowest BCUT2D eigenvalue weighted by Gasteiger charge is -2.43. The van der Waals surface area contributed by atoms with E-state index in [0.717, 1.165) is 28.2 Å². The van der Waals surface area contributed by atoms with Crippen molar-refractivity contribution >= 4 is 56.8 Å². The van der Waals surface area contributed by atoms with Gasteiger partial charge in [-0.1, -0.05) is 11.6 Å². The number of carbonyl (C=O) groups excluding carboxylic acids is 3. The first-order valence-corrected chi connectivity index (χ1v) is 13.7. The fraction of sp³-hybridized carbons (Fsp3) is 0.500. The fourth-order valence-corrected chi connectivity index (χ4v) is 5.99. The summed E-state index contributed by atoms with van der Waals surface area (Å²) in [5.41, 5.74) is 1.75. The lowest BCUT2D eigenvalue weighted by Crippen LogP contribution is -2.61. The third kappa shape index (κ3) is 5.73. The van der Waals surface area contributed by atoms with E-state index in [0.29, 0.717) is 36.8 Å². The number of aromatic nitrogens is 2. The first kappa shape index (κ1) is 27.4. The van der Waals surface area contributed by atoms with Crippen LogP contribution in [0.2, 0.25) is 5.02 Å². The number of carbonyl (C=O) groups is 3. The maximum Gasteiger partial charge on any atom is 0.244 e. The van der Waals surface area contributed by atoms with Gasteiger partial charge in [0.1, 0.15) is 12.1 Å². The molecule has 2 aliphatic heterocycles. The maximum atomic E-state index is 13.7. The van der Waals surface area contributed by atoms with Gasteiger partial charge in [-0.15, -0.1) is 0 Å². The maximum absolute atomic E-state index is 13.7. The van der Waals surface area contributed by atoms with Crippen LogP contribution in [-0.4, -0.2) is 87.5 Å². The smallest absolute Gasteiger partial charge is 0.244 e. The van der Waals surface area contributed by atoms with Crippen molar-refractivity contribution in [2.45, 2.75) is 64.3 Å². The number of morpholine rings is 1. The largest absolute Gasteiger partial charge is 0.372 e. The van der Waals surface area contributed by atoms with Gasteiger partial charge in [-0.05, 0) is 51.8 Å². The van der Waals surface area contributed by atoms with Gasteiger partial charge in [-0.3, -0.25) is 24.3 Å². The summed E-state index contributed by atoms with van der Waals surface area (Å²) in [5.74, 6) is -0.463. The molecule has 1 aromatic carbocycles. The van der Waals surface area contributed by atoms with Crippen LogP contribution in [0.25, 0.3) is 21.8 Å².